The molecule has 5 aromatic rings. The molecule has 34 heavy (non-hydrogen) atoms. The molecule has 0 aliphatic heterocycles. The molecule has 2 aromatic heterocycles. The van der Waals surface area contributed by atoms with Gasteiger partial charge in [0.1, 0.15) is 11.5 Å². The van der Waals surface area contributed by atoms with E-state index >= 15 is 0 Å². The highest BCUT2D eigenvalue weighted by molar-refractivity contribution is 7.98. The Morgan fingerprint density at radius 1 is 1.03 bits per heavy atom. The predicted molar refractivity (Wildman–Crippen MR) is 139 cm³/mol. The van der Waals surface area contributed by atoms with Crippen molar-refractivity contribution in [1.82, 2.24) is 19.9 Å². The zero-order valence-corrected chi connectivity index (χ0v) is 20.0. The number of nitrogens with one attached hydrogen (secondary N) is 2. The summed E-state index contributed by atoms with van der Waals surface area (Å²) in [5.41, 5.74) is 4.74. The van der Waals surface area contributed by atoms with E-state index in [2.05, 4.69) is 57.5 Å². The minimum Gasteiger partial charge on any atom is -0.351 e. The van der Waals surface area contributed by atoms with Gasteiger partial charge < -0.3 is 14.9 Å². The number of amides is 1. The summed E-state index contributed by atoms with van der Waals surface area (Å²) in [7, 11) is 2.01. The van der Waals surface area contributed by atoms with E-state index in [0.29, 0.717) is 12.1 Å². The quantitative estimate of drug-likeness (QED) is 0.289. The minimum atomic E-state index is -0.287. The number of hydrogen-bond acceptors (Lipinski definition) is 3. The first-order chi connectivity index (χ1) is 16.6. The van der Waals surface area contributed by atoms with Crippen LogP contribution in [0.4, 0.5) is 0 Å². The number of hydrogen-bond donors (Lipinski definition) is 2. The number of aromatic nitrogens is 3. The number of carbonyl (C=O) groups excluding carboxylic acids is 1. The highest BCUT2D eigenvalue weighted by Gasteiger charge is 2.23. The Morgan fingerprint density at radius 2 is 1.76 bits per heavy atom. The third kappa shape index (κ3) is 4.50. The number of rotatable bonds is 7. The summed E-state index contributed by atoms with van der Waals surface area (Å²) in [4.78, 5) is 22.5. The lowest BCUT2D eigenvalue weighted by Crippen LogP contribution is -2.32. The largest absolute Gasteiger partial charge is 0.351 e. The van der Waals surface area contributed by atoms with Crippen molar-refractivity contribution in [2.24, 2.45) is 7.05 Å². The van der Waals surface area contributed by atoms with Gasteiger partial charge in [0, 0.05) is 22.8 Å². The van der Waals surface area contributed by atoms with Crippen LogP contribution >= 0.6 is 11.8 Å². The molecule has 0 fully saturated rings. The molecule has 3 aromatic carbocycles. The van der Waals surface area contributed by atoms with Crippen molar-refractivity contribution in [3.05, 3.63) is 108 Å². The second-order valence-corrected chi connectivity index (χ2v) is 9.15. The Balaban J connectivity index is 1.47. The van der Waals surface area contributed by atoms with E-state index in [-0.39, 0.29) is 11.9 Å². The number of nitrogens with zero attached hydrogens (tertiary/aromatic N) is 2. The number of fused-ring (bicyclic) bond motifs is 1. The van der Waals surface area contributed by atoms with E-state index in [4.69, 9.17) is 4.98 Å². The highest BCUT2D eigenvalue weighted by Crippen LogP contribution is 2.27. The third-order valence-electron chi connectivity index (χ3n) is 6.08. The van der Waals surface area contributed by atoms with Crippen molar-refractivity contribution in [3.8, 4) is 11.3 Å². The molecular formula is C28H26N4OS. The number of imidazole rings is 1. The summed E-state index contributed by atoms with van der Waals surface area (Å²) in [5, 5.41) is 4.24. The normalized spacial score (nSPS) is 12.1. The monoisotopic (exact) mass is 466 g/mol. The summed E-state index contributed by atoms with van der Waals surface area (Å²) in [6, 6.07) is 28.1. The lowest BCUT2D eigenvalue weighted by atomic mass is 10.0. The summed E-state index contributed by atoms with van der Waals surface area (Å²) in [6.07, 6.45) is 4.60. The van der Waals surface area contributed by atoms with Gasteiger partial charge in [-0.25, -0.2) is 4.98 Å². The van der Waals surface area contributed by atoms with Gasteiger partial charge in [0.15, 0.2) is 0 Å². The molecule has 0 aliphatic carbocycles. The molecule has 0 bridgehead atoms. The molecule has 0 spiro atoms. The fourth-order valence-electron chi connectivity index (χ4n) is 4.27. The molecule has 2 heterocycles. The molecule has 170 valence electrons. The first kappa shape index (κ1) is 22.0. The molecule has 2 N–H and O–H groups in total. The van der Waals surface area contributed by atoms with Gasteiger partial charge in [-0.1, -0.05) is 60.7 Å². The van der Waals surface area contributed by atoms with Crippen molar-refractivity contribution in [2.45, 2.75) is 17.4 Å². The molecule has 5 nitrogen and oxygen atoms in total. The molecule has 1 amide bonds. The minimum absolute atomic E-state index is 0.147. The smallest absolute Gasteiger partial charge is 0.268 e. The van der Waals surface area contributed by atoms with Gasteiger partial charge in [-0.2, -0.15) is 0 Å². The Morgan fingerprint density at radius 3 is 2.50 bits per heavy atom. The number of H-pyrrole nitrogens is 1. The van der Waals surface area contributed by atoms with Crippen molar-refractivity contribution in [2.75, 3.05) is 6.26 Å². The Labute approximate surface area is 203 Å². The van der Waals surface area contributed by atoms with E-state index in [1.807, 2.05) is 61.8 Å². The average molecular weight is 467 g/mol. The molecule has 0 saturated heterocycles. The van der Waals surface area contributed by atoms with Crippen LogP contribution in [0.2, 0.25) is 0 Å². The van der Waals surface area contributed by atoms with Crippen LogP contribution in [0.3, 0.4) is 0 Å². The van der Waals surface area contributed by atoms with Gasteiger partial charge in [0.05, 0.1) is 17.9 Å². The van der Waals surface area contributed by atoms with Gasteiger partial charge in [-0.05, 0) is 48.1 Å². The summed E-state index contributed by atoms with van der Waals surface area (Å²) >= 11 is 1.72. The second kappa shape index (κ2) is 9.61. The van der Waals surface area contributed by atoms with Crippen molar-refractivity contribution >= 4 is 28.6 Å². The fourth-order valence-corrected chi connectivity index (χ4v) is 4.67. The standard InChI is InChI=1S/C28H26N4OS/c1-32-26(20-12-14-22(34-2)15-13-20)18-29-27(32)24(16-19-8-4-3-5-9-19)31-28(33)25-17-21-10-6-7-11-23(21)30-25/h3-15,17-18,24,30H,16H2,1-2H3,(H,31,33). The molecule has 6 heteroatoms. The highest BCUT2D eigenvalue weighted by atomic mass is 32.2. The van der Waals surface area contributed by atoms with Crippen LogP contribution in [0, 0.1) is 0 Å². The van der Waals surface area contributed by atoms with Crippen molar-refractivity contribution < 1.29 is 4.79 Å². The Bertz CT molecular complexity index is 1390. The third-order valence-corrected chi connectivity index (χ3v) is 6.83. The number of aromatic amines is 1. The second-order valence-electron chi connectivity index (χ2n) is 8.28. The van der Waals surface area contributed by atoms with Crippen LogP contribution < -0.4 is 5.32 Å². The lowest BCUT2D eigenvalue weighted by molar-refractivity contribution is 0.0930. The van der Waals surface area contributed by atoms with E-state index in [9.17, 15) is 4.79 Å². The molecule has 5 rings (SSSR count). The van der Waals surface area contributed by atoms with E-state index in [1.54, 1.807) is 11.8 Å². The maximum atomic E-state index is 13.3. The first-order valence-corrected chi connectivity index (χ1v) is 12.4. The summed E-state index contributed by atoms with van der Waals surface area (Å²) in [5.74, 6) is 0.670. The number of thioether (sulfide) groups is 1. The summed E-state index contributed by atoms with van der Waals surface area (Å²) < 4.78 is 2.08. The van der Waals surface area contributed by atoms with E-state index in [0.717, 1.165) is 33.5 Å². The van der Waals surface area contributed by atoms with Gasteiger partial charge in [0.25, 0.3) is 5.91 Å². The van der Waals surface area contributed by atoms with Gasteiger partial charge in [-0.3, -0.25) is 4.79 Å². The fraction of sp³-hybridized carbons (Fsp3) is 0.143. The molecule has 0 saturated carbocycles. The van der Waals surface area contributed by atoms with Gasteiger partial charge >= 0.3 is 0 Å². The molecule has 1 unspecified atom stereocenters. The van der Waals surface area contributed by atoms with Crippen molar-refractivity contribution in [1.29, 1.82) is 0 Å². The van der Waals surface area contributed by atoms with Gasteiger partial charge in [-0.15, -0.1) is 11.8 Å². The average Bonchev–Trinajstić information content (AvgIpc) is 3.48. The lowest BCUT2D eigenvalue weighted by Gasteiger charge is -2.19. The Kier molecular flexibility index (Phi) is 6.23. The molecule has 1 atom stereocenters. The molecule has 0 radical (unpaired) electrons. The predicted octanol–water partition coefficient (Wildman–Crippen LogP) is 6.00. The Hall–Kier alpha value is -3.77. The summed E-state index contributed by atoms with van der Waals surface area (Å²) in [6.45, 7) is 0. The van der Waals surface area contributed by atoms with Crippen LogP contribution in [0.25, 0.3) is 22.2 Å². The maximum Gasteiger partial charge on any atom is 0.268 e. The van der Waals surface area contributed by atoms with Crippen LogP contribution in [0.5, 0.6) is 0 Å². The number of benzene rings is 3. The maximum absolute atomic E-state index is 13.3. The zero-order chi connectivity index (χ0) is 23.5. The molecular weight excluding hydrogens is 440 g/mol. The zero-order valence-electron chi connectivity index (χ0n) is 19.2. The SMILES string of the molecule is CSc1ccc(-c2cnc(C(Cc3ccccc3)NC(=O)c3cc4ccccc4[nH]3)n2C)cc1. The van der Waals surface area contributed by atoms with Crippen LogP contribution in [-0.4, -0.2) is 26.7 Å². The van der Waals surface area contributed by atoms with Crippen molar-refractivity contribution in [3.63, 3.8) is 0 Å². The van der Waals surface area contributed by atoms with Gasteiger partial charge in [0.2, 0.25) is 0 Å². The number of para-hydroxylation sites is 1. The van der Waals surface area contributed by atoms with E-state index < -0.39 is 0 Å². The molecule has 0 aliphatic rings. The first-order valence-electron chi connectivity index (χ1n) is 11.2. The number of carbonyl (C=O) groups is 1. The van der Waals surface area contributed by atoms with Crippen LogP contribution in [0.1, 0.15) is 27.9 Å². The van der Waals surface area contributed by atoms with Crippen LogP contribution in [0.15, 0.2) is 96.0 Å². The van der Waals surface area contributed by atoms with E-state index in [1.165, 1.54) is 4.90 Å². The van der Waals surface area contributed by atoms with Crippen LogP contribution in [-0.2, 0) is 13.5 Å². The topological polar surface area (TPSA) is 62.7 Å².